The highest BCUT2D eigenvalue weighted by atomic mass is 15.2. The number of hydrogen-bond donors (Lipinski definition) is 1. The van der Waals surface area contributed by atoms with E-state index in [9.17, 15) is 0 Å². The molecule has 1 aromatic rings. The van der Waals surface area contributed by atoms with Crippen LogP contribution in [0.4, 0.5) is 0 Å². The van der Waals surface area contributed by atoms with E-state index in [0.717, 1.165) is 6.42 Å². The molecule has 0 unspecified atom stereocenters. The molecule has 0 saturated heterocycles. The van der Waals surface area contributed by atoms with Crippen LogP contribution in [-0.4, -0.2) is 22.3 Å². The van der Waals surface area contributed by atoms with Gasteiger partial charge in [-0.05, 0) is 24.0 Å². The van der Waals surface area contributed by atoms with E-state index in [2.05, 4.69) is 31.9 Å². The van der Waals surface area contributed by atoms with Gasteiger partial charge in [-0.15, -0.1) is 0 Å². The van der Waals surface area contributed by atoms with E-state index in [4.69, 9.17) is 10.7 Å². The number of amidine groups is 1. The fourth-order valence-corrected chi connectivity index (χ4v) is 1.32. The summed E-state index contributed by atoms with van der Waals surface area (Å²) in [5, 5.41) is 17.0. The Balaban J connectivity index is 2.70. The van der Waals surface area contributed by atoms with Gasteiger partial charge >= 0.3 is 0 Å². The molecule has 90 valence electrons. The molecule has 1 heterocycles. The molecule has 17 heavy (non-hydrogen) atoms. The van der Waals surface area contributed by atoms with Gasteiger partial charge < -0.3 is 0 Å². The van der Waals surface area contributed by atoms with Crippen molar-refractivity contribution in [2.24, 2.45) is 5.41 Å². The molecular formula is C13H18N4. The Morgan fingerprint density at radius 3 is 2.71 bits per heavy atom. The van der Waals surface area contributed by atoms with Crippen molar-refractivity contribution in [1.82, 2.24) is 9.88 Å². The highest BCUT2D eigenvalue weighted by molar-refractivity contribution is 5.96. The molecule has 0 saturated carbocycles. The van der Waals surface area contributed by atoms with Crippen molar-refractivity contribution in [3.63, 3.8) is 0 Å². The smallest absolute Gasteiger partial charge is 0.185 e. The summed E-state index contributed by atoms with van der Waals surface area (Å²) in [7, 11) is 0. The summed E-state index contributed by atoms with van der Waals surface area (Å²) in [6, 6.07) is 3.56. The maximum atomic E-state index is 9.07. The molecule has 0 aliphatic heterocycles. The molecule has 4 nitrogen and oxygen atoms in total. The molecular weight excluding hydrogens is 212 g/mol. The van der Waals surface area contributed by atoms with Crippen LogP contribution in [0.2, 0.25) is 0 Å². The third-order valence-corrected chi connectivity index (χ3v) is 2.41. The molecule has 0 aliphatic carbocycles. The van der Waals surface area contributed by atoms with Crippen molar-refractivity contribution in [3.8, 4) is 6.19 Å². The average Bonchev–Trinajstić information content (AvgIpc) is 2.29. The minimum atomic E-state index is 0.157. The molecule has 0 spiro atoms. The van der Waals surface area contributed by atoms with Gasteiger partial charge in [0.1, 0.15) is 5.84 Å². The Kier molecular flexibility index (Phi) is 4.22. The highest BCUT2D eigenvalue weighted by Gasteiger charge is 2.16. The third-order valence-electron chi connectivity index (χ3n) is 2.41. The van der Waals surface area contributed by atoms with Gasteiger partial charge in [-0.3, -0.25) is 15.3 Å². The Labute approximate surface area is 102 Å². The maximum absolute atomic E-state index is 9.07. The van der Waals surface area contributed by atoms with Crippen molar-refractivity contribution in [1.29, 1.82) is 10.7 Å². The Morgan fingerprint density at radius 1 is 1.53 bits per heavy atom. The predicted octanol–water partition coefficient (Wildman–Crippen LogP) is 2.63. The van der Waals surface area contributed by atoms with Crippen LogP contribution in [0, 0.1) is 22.3 Å². The topological polar surface area (TPSA) is 63.8 Å². The summed E-state index contributed by atoms with van der Waals surface area (Å²) in [4.78, 5) is 5.36. The first-order valence-electron chi connectivity index (χ1n) is 5.60. The molecule has 4 heteroatoms. The van der Waals surface area contributed by atoms with Gasteiger partial charge in [0.15, 0.2) is 6.19 Å². The van der Waals surface area contributed by atoms with E-state index in [1.165, 1.54) is 4.90 Å². The zero-order valence-corrected chi connectivity index (χ0v) is 10.6. The van der Waals surface area contributed by atoms with Crippen molar-refractivity contribution >= 4 is 5.84 Å². The van der Waals surface area contributed by atoms with E-state index >= 15 is 0 Å². The number of pyridine rings is 1. The first-order chi connectivity index (χ1) is 7.94. The van der Waals surface area contributed by atoms with Gasteiger partial charge in [-0.25, -0.2) is 0 Å². The number of nitrogens with one attached hydrogen (secondary N) is 1. The van der Waals surface area contributed by atoms with Crippen molar-refractivity contribution in [2.75, 3.05) is 6.54 Å². The molecule has 0 bridgehead atoms. The summed E-state index contributed by atoms with van der Waals surface area (Å²) in [6.45, 7) is 6.93. The van der Waals surface area contributed by atoms with Crippen LogP contribution >= 0.6 is 0 Å². The minimum Gasteiger partial charge on any atom is -0.283 e. The number of aromatic nitrogens is 1. The van der Waals surface area contributed by atoms with E-state index < -0.39 is 0 Å². The van der Waals surface area contributed by atoms with Gasteiger partial charge in [0.25, 0.3) is 0 Å². The van der Waals surface area contributed by atoms with Crippen LogP contribution in [0.15, 0.2) is 24.5 Å². The summed E-state index contributed by atoms with van der Waals surface area (Å²) in [6.07, 6.45) is 6.17. The second-order valence-corrected chi connectivity index (χ2v) is 5.15. The van der Waals surface area contributed by atoms with Crippen LogP contribution in [0.25, 0.3) is 0 Å². The summed E-state index contributed by atoms with van der Waals surface area (Å²) < 4.78 is 0. The third kappa shape index (κ3) is 4.23. The van der Waals surface area contributed by atoms with Gasteiger partial charge in [-0.1, -0.05) is 20.8 Å². The summed E-state index contributed by atoms with van der Waals surface area (Å²) >= 11 is 0. The van der Waals surface area contributed by atoms with Crippen LogP contribution < -0.4 is 0 Å². The molecule has 0 aromatic carbocycles. The Bertz CT molecular complexity index is 411. The normalized spacial score (nSPS) is 10.7. The van der Waals surface area contributed by atoms with Crippen LogP contribution in [0.5, 0.6) is 0 Å². The SMILES string of the molecule is CC(C)(C)CCN(C#N)C(=N)c1cccnc1. The van der Waals surface area contributed by atoms with Gasteiger partial charge in [-0.2, -0.15) is 5.26 Å². The second kappa shape index (κ2) is 5.44. The molecule has 0 fully saturated rings. The van der Waals surface area contributed by atoms with Gasteiger partial charge in [0.2, 0.25) is 0 Å². The van der Waals surface area contributed by atoms with Crippen molar-refractivity contribution in [2.45, 2.75) is 27.2 Å². The lowest BCUT2D eigenvalue weighted by Gasteiger charge is -2.22. The molecule has 0 atom stereocenters. The Morgan fingerprint density at radius 2 is 2.24 bits per heavy atom. The van der Waals surface area contributed by atoms with Gasteiger partial charge in [0, 0.05) is 24.5 Å². The number of rotatable bonds is 3. The lowest BCUT2D eigenvalue weighted by molar-refractivity contribution is 0.343. The summed E-state index contributed by atoms with van der Waals surface area (Å²) in [5.41, 5.74) is 0.826. The maximum Gasteiger partial charge on any atom is 0.185 e. The zero-order chi connectivity index (χ0) is 12.9. The van der Waals surface area contributed by atoms with Gasteiger partial charge in [0.05, 0.1) is 0 Å². The fraction of sp³-hybridized carbons (Fsp3) is 0.462. The lowest BCUT2D eigenvalue weighted by Crippen LogP contribution is -2.29. The molecule has 0 radical (unpaired) electrons. The Hall–Kier alpha value is -1.89. The van der Waals surface area contributed by atoms with Crippen LogP contribution in [0.3, 0.4) is 0 Å². The number of nitriles is 1. The molecule has 1 rings (SSSR count). The highest BCUT2D eigenvalue weighted by Crippen LogP contribution is 2.19. The zero-order valence-electron chi connectivity index (χ0n) is 10.6. The first-order valence-corrected chi connectivity index (χ1v) is 5.60. The minimum absolute atomic E-state index is 0.157. The number of hydrogen-bond acceptors (Lipinski definition) is 3. The van der Waals surface area contributed by atoms with Crippen molar-refractivity contribution in [3.05, 3.63) is 30.1 Å². The fourth-order valence-electron chi connectivity index (χ4n) is 1.32. The van der Waals surface area contributed by atoms with Crippen molar-refractivity contribution < 1.29 is 0 Å². The monoisotopic (exact) mass is 230 g/mol. The molecule has 0 aliphatic rings. The number of nitrogens with zero attached hydrogens (tertiary/aromatic N) is 3. The largest absolute Gasteiger partial charge is 0.283 e. The quantitative estimate of drug-likeness (QED) is 0.376. The van der Waals surface area contributed by atoms with E-state index in [0.29, 0.717) is 12.1 Å². The predicted molar refractivity (Wildman–Crippen MR) is 67.5 cm³/mol. The summed E-state index contributed by atoms with van der Waals surface area (Å²) in [5.74, 6) is 0.213. The van der Waals surface area contributed by atoms with E-state index in [1.54, 1.807) is 24.5 Å². The average molecular weight is 230 g/mol. The molecule has 0 amide bonds. The lowest BCUT2D eigenvalue weighted by atomic mass is 9.92. The van der Waals surface area contributed by atoms with E-state index in [-0.39, 0.29) is 11.3 Å². The molecule has 1 aromatic heterocycles. The van der Waals surface area contributed by atoms with Crippen LogP contribution in [0.1, 0.15) is 32.8 Å². The van der Waals surface area contributed by atoms with E-state index in [1.807, 2.05) is 0 Å². The second-order valence-electron chi connectivity index (χ2n) is 5.15. The standard InChI is InChI=1S/C13H18N4/c1-13(2,3)6-8-17(10-14)12(15)11-5-4-7-16-9-11/h4-5,7,9,15H,6,8H2,1-3H3. The first kappa shape index (κ1) is 13.2. The van der Waals surface area contributed by atoms with Crippen LogP contribution in [-0.2, 0) is 0 Å². The molecule has 1 N–H and O–H groups in total.